The summed E-state index contributed by atoms with van der Waals surface area (Å²) in [7, 11) is -2.44. The van der Waals surface area contributed by atoms with E-state index in [-0.39, 0.29) is 24.7 Å². The number of hydrogen-bond donors (Lipinski definition) is 2. The number of pyridine rings is 1. The molecule has 2 N–H and O–H groups in total. The number of methoxy groups -OCH3 is 1. The molecule has 0 spiro atoms. The second-order valence-electron chi connectivity index (χ2n) is 9.67. The highest BCUT2D eigenvalue weighted by atomic mass is 16.5. The molecular weight excluding hydrogens is 428 g/mol. The first-order valence-corrected chi connectivity index (χ1v) is 12.5. The van der Waals surface area contributed by atoms with Crippen LogP contribution < -0.4 is 10.2 Å². The molecule has 0 radical (unpaired) electrons. The number of anilines is 2. The smallest absolute Gasteiger partial charge is 0.241 e. The van der Waals surface area contributed by atoms with Crippen LogP contribution in [0.4, 0.5) is 11.8 Å². The van der Waals surface area contributed by atoms with Crippen LogP contribution in [0.2, 0.25) is 0 Å². The topological polar surface area (TPSA) is 87.8 Å². The normalized spacial score (nSPS) is 23.8. The Morgan fingerprint density at radius 3 is 2.79 bits per heavy atom. The van der Waals surface area contributed by atoms with E-state index in [9.17, 15) is 5.11 Å². The van der Waals surface area contributed by atoms with Gasteiger partial charge in [0.05, 0.1) is 28.5 Å². The highest BCUT2D eigenvalue weighted by molar-refractivity contribution is 5.82. The summed E-state index contributed by atoms with van der Waals surface area (Å²) in [6.07, 6.45) is 10.5. The molecule has 1 saturated heterocycles. The van der Waals surface area contributed by atoms with Gasteiger partial charge in [-0.1, -0.05) is 0 Å². The summed E-state index contributed by atoms with van der Waals surface area (Å²) in [6, 6.07) is 6.13. The van der Waals surface area contributed by atoms with Gasteiger partial charge < -0.3 is 20.1 Å². The lowest BCUT2D eigenvalue weighted by Crippen LogP contribution is -2.30. The molecule has 0 unspecified atom stereocenters. The van der Waals surface area contributed by atoms with Gasteiger partial charge in [0.15, 0.2) is 0 Å². The van der Waals surface area contributed by atoms with Crippen LogP contribution in [0.15, 0.2) is 30.6 Å². The number of aromatic nitrogens is 4. The summed E-state index contributed by atoms with van der Waals surface area (Å²) in [5.74, 6) is 1.70. The lowest BCUT2D eigenvalue weighted by Gasteiger charge is -2.27. The number of hydrogen-bond acceptors (Lipinski definition) is 7. The Kier molecular flexibility index (Phi) is 5.92. The molecule has 1 saturated carbocycles. The Balaban J connectivity index is 1.48. The van der Waals surface area contributed by atoms with Gasteiger partial charge in [-0.25, -0.2) is 14.5 Å². The van der Waals surface area contributed by atoms with Crippen LogP contribution >= 0.6 is 0 Å². The molecule has 4 heterocycles. The van der Waals surface area contributed by atoms with Crippen molar-refractivity contribution in [2.75, 3.05) is 37.0 Å². The Bertz CT molecular complexity index is 1200. The van der Waals surface area contributed by atoms with E-state index in [4.69, 9.17) is 13.9 Å². The van der Waals surface area contributed by atoms with Crippen LogP contribution in [0.5, 0.6) is 0 Å². The molecule has 0 amide bonds. The van der Waals surface area contributed by atoms with Crippen molar-refractivity contribution in [1.82, 2.24) is 19.6 Å². The van der Waals surface area contributed by atoms with Gasteiger partial charge in [-0.15, -0.1) is 5.10 Å². The van der Waals surface area contributed by atoms with E-state index >= 15 is 0 Å². The quantitative estimate of drug-likeness (QED) is 0.537. The number of aliphatic hydroxyl groups is 1. The lowest BCUT2D eigenvalue weighted by atomic mass is 9.85. The molecule has 3 aromatic heterocycles. The second-order valence-corrected chi connectivity index (χ2v) is 9.67. The minimum absolute atomic E-state index is 0.0124. The molecule has 8 nitrogen and oxygen atoms in total. The monoisotopic (exact) mass is 467 g/mol. The first-order chi connectivity index (χ1) is 17.8. The van der Waals surface area contributed by atoms with E-state index in [1.54, 1.807) is 0 Å². The minimum Gasteiger partial charge on any atom is -0.393 e. The van der Waals surface area contributed by atoms with Gasteiger partial charge >= 0.3 is 0 Å². The fourth-order valence-electron chi connectivity index (χ4n) is 5.24. The number of nitrogens with zero attached hydrogens (tertiary/aromatic N) is 5. The first kappa shape index (κ1) is 19.6. The molecule has 0 aromatic carbocycles. The third kappa shape index (κ3) is 4.88. The van der Waals surface area contributed by atoms with Crippen LogP contribution in [-0.2, 0) is 4.74 Å². The van der Waals surface area contributed by atoms with Crippen molar-refractivity contribution in [1.29, 1.82) is 0 Å². The Morgan fingerprint density at radius 2 is 2.00 bits per heavy atom. The minimum atomic E-state index is -2.44. The number of fused-ring (bicyclic) bond motifs is 1. The van der Waals surface area contributed by atoms with E-state index < -0.39 is 7.04 Å². The molecule has 3 aromatic rings. The molecule has 5 rings (SSSR count). The van der Waals surface area contributed by atoms with Crippen LogP contribution in [0.3, 0.4) is 0 Å². The molecular formula is C26H36N6O2. The van der Waals surface area contributed by atoms with Gasteiger partial charge in [-0.2, -0.15) is 0 Å². The zero-order valence-corrected chi connectivity index (χ0v) is 19.8. The van der Waals surface area contributed by atoms with Crippen LogP contribution in [0.1, 0.15) is 67.6 Å². The van der Waals surface area contributed by atoms with Crippen molar-refractivity contribution in [2.24, 2.45) is 0 Å². The van der Waals surface area contributed by atoms with Gasteiger partial charge in [0.1, 0.15) is 5.82 Å². The molecule has 0 bridgehead atoms. The van der Waals surface area contributed by atoms with E-state index in [0.29, 0.717) is 5.95 Å². The van der Waals surface area contributed by atoms with Gasteiger partial charge in [-0.3, -0.25) is 0 Å². The average molecular weight is 468 g/mol. The molecule has 2 fully saturated rings. The zero-order chi connectivity index (χ0) is 26.0. The fourth-order valence-corrected chi connectivity index (χ4v) is 5.24. The first-order valence-electron chi connectivity index (χ1n) is 14.0. The van der Waals surface area contributed by atoms with Gasteiger partial charge in [0, 0.05) is 49.5 Å². The van der Waals surface area contributed by atoms with Crippen LogP contribution in [0.25, 0.3) is 16.6 Å². The average Bonchev–Trinajstić information content (AvgIpc) is 3.27. The van der Waals surface area contributed by atoms with E-state index in [2.05, 4.69) is 32.3 Å². The largest absolute Gasteiger partial charge is 0.393 e. The van der Waals surface area contributed by atoms with E-state index in [0.717, 1.165) is 66.9 Å². The number of aliphatic hydroxyl groups excluding tert-OH is 1. The number of ether oxygens (including phenoxy) is 1. The molecule has 1 aliphatic heterocycles. The molecule has 1 aliphatic carbocycles. The molecule has 8 heteroatoms. The Labute approximate surface area is 205 Å². The van der Waals surface area contributed by atoms with Crippen molar-refractivity contribution < 1.29 is 14.0 Å². The Morgan fingerprint density at radius 1 is 1.18 bits per heavy atom. The maximum atomic E-state index is 10.1. The standard InChI is InChI=1S/C26H36N6O2/c1-18(17-34-2)29-26-28-16-24-22(15-23(32(24)30-26)19-6-8-21(33)9-7-19)20-10-11-27-25(14-20)31-12-4-3-5-13-31/h10-11,14-16,18-19,21,33H,3-9,12-13,17H2,1-2H3,(H,29,30)/t18-,19?,21?/m0/s1/i2D3. The van der Waals surface area contributed by atoms with Crippen molar-refractivity contribution >= 4 is 17.3 Å². The highest BCUT2D eigenvalue weighted by Crippen LogP contribution is 2.38. The van der Waals surface area contributed by atoms with Crippen LogP contribution in [-0.4, -0.2) is 63.6 Å². The van der Waals surface area contributed by atoms with E-state index in [1.807, 2.05) is 29.9 Å². The maximum Gasteiger partial charge on any atom is 0.241 e. The highest BCUT2D eigenvalue weighted by Gasteiger charge is 2.26. The van der Waals surface area contributed by atoms with Crippen molar-refractivity contribution in [3.05, 3.63) is 36.3 Å². The predicted octanol–water partition coefficient (Wildman–Crippen LogP) is 4.25. The van der Waals surface area contributed by atoms with Gasteiger partial charge in [-0.05, 0) is 75.6 Å². The van der Waals surface area contributed by atoms with Crippen molar-refractivity contribution in [3.8, 4) is 11.1 Å². The SMILES string of the molecule is [2H]C([2H])([2H])OC[C@H](C)Nc1ncc2c(-c3ccnc(N4CCCCC4)c3)cc(C3CCC(O)CC3)n2n1. The summed E-state index contributed by atoms with van der Waals surface area (Å²) in [5.41, 5.74) is 4.16. The Hall–Kier alpha value is -2.71. The van der Waals surface area contributed by atoms with Crippen molar-refractivity contribution in [2.45, 2.75) is 69.9 Å². The molecule has 1 atom stereocenters. The maximum absolute atomic E-state index is 10.1. The third-order valence-electron chi connectivity index (χ3n) is 7.11. The summed E-state index contributed by atoms with van der Waals surface area (Å²) in [5, 5.41) is 18.1. The number of nitrogens with one attached hydrogen (secondary N) is 1. The summed E-state index contributed by atoms with van der Waals surface area (Å²) in [4.78, 5) is 11.6. The van der Waals surface area contributed by atoms with Gasteiger partial charge in [0.25, 0.3) is 0 Å². The zero-order valence-electron chi connectivity index (χ0n) is 22.8. The lowest BCUT2D eigenvalue weighted by molar-refractivity contribution is 0.121. The summed E-state index contributed by atoms with van der Waals surface area (Å²) < 4.78 is 28.7. The summed E-state index contributed by atoms with van der Waals surface area (Å²) >= 11 is 0. The van der Waals surface area contributed by atoms with Gasteiger partial charge in [0.2, 0.25) is 5.95 Å². The second kappa shape index (κ2) is 10.3. The molecule has 182 valence electrons. The molecule has 2 aliphatic rings. The number of piperidine rings is 1. The van der Waals surface area contributed by atoms with Crippen LogP contribution in [0, 0.1) is 0 Å². The van der Waals surface area contributed by atoms with Crippen molar-refractivity contribution in [3.63, 3.8) is 0 Å². The molecule has 34 heavy (non-hydrogen) atoms. The fraction of sp³-hybridized carbons (Fsp3) is 0.577. The summed E-state index contributed by atoms with van der Waals surface area (Å²) in [6.45, 7) is 3.91. The van der Waals surface area contributed by atoms with E-state index in [1.165, 1.54) is 19.3 Å². The number of rotatable bonds is 7. The predicted molar refractivity (Wildman–Crippen MR) is 134 cm³/mol. The third-order valence-corrected chi connectivity index (χ3v) is 7.11.